The summed E-state index contributed by atoms with van der Waals surface area (Å²) in [6, 6.07) is 1.57. The molecule has 0 rings (SSSR count). The predicted molar refractivity (Wildman–Crippen MR) is 39.8 cm³/mol. The van der Waals surface area contributed by atoms with Crippen molar-refractivity contribution in [2.75, 3.05) is 19.8 Å². The molecule has 0 aliphatic carbocycles. The minimum absolute atomic E-state index is 0.639. The summed E-state index contributed by atoms with van der Waals surface area (Å²) in [4.78, 5) is 0. The van der Waals surface area contributed by atoms with Crippen molar-refractivity contribution in [3.8, 4) is 12.3 Å². The number of aliphatic hydroxyl groups excluding tert-OH is 3. The van der Waals surface area contributed by atoms with E-state index in [0.29, 0.717) is 0 Å². The van der Waals surface area contributed by atoms with Crippen molar-refractivity contribution in [2.45, 2.75) is 6.10 Å². The Balaban J connectivity index is 4.70. The van der Waals surface area contributed by atoms with Gasteiger partial charge in [-0.25, -0.2) is 0 Å². The molecule has 0 amide bonds. The van der Waals surface area contributed by atoms with Crippen LogP contribution in [0.3, 0.4) is 0 Å². The first kappa shape index (κ1) is 11.7. The largest absolute Gasteiger partial charge is 0.408 e. The van der Waals surface area contributed by atoms with E-state index in [4.69, 9.17) is 25.8 Å². The Bertz CT molecular complexity index is 217. The first-order valence-electron chi connectivity index (χ1n) is 3.47. The lowest BCUT2D eigenvalue weighted by Crippen LogP contribution is -2.45. The van der Waals surface area contributed by atoms with Crippen LogP contribution in [0, 0.1) is 28.3 Å². The quantitative estimate of drug-likeness (QED) is 0.442. The molecule has 0 aromatic carbocycles. The van der Waals surface area contributed by atoms with Crippen molar-refractivity contribution in [2.24, 2.45) is 5.41 Å². The van der Waals surface area contributed by atoms with Crippen LogP contribution in [-0.2, 0) is 4.74 Å². The van der Waals surface area contributed by atoms with Crippen LogP contribution in [0.15, 0.2) is 0 Å². The minimum Gasteiger partial charge on any atom is -0.408 e. The second-order valence-electron chi connectivity index (χ2n) is 2.55. The molecule has 0 bridgehead atoms. The molecule has 0 aromatic heterocycles. The van der Waals surface area contributed by atoms with Crippen LogP contribution < -0.4 is 0 Å². The van der Waals surface area contributed by atoms with E-state index in [1.54, 1.807) is 6.07 Å². The Kier molecular flexibility index (Phi) is 4.78. The van der Waals surface area contributed by atoms with Crippen LogP contribution in [0.5, 0.6) is 0 Å². The van der Waals surface area contributed by atoms with E-state index in [9.17, 15) is 0 Å². The fourth-order valence-electron chi connectivity index (χ4n) is 0.740. The molecule has 0 fully saturated rings. The first-order valence-corrected chi connectivity index (χ1v) is 3.47. The lowest BCUT2D eigenvalue weighted by atomic mass is 9.85. The molecule has 0 saturated carbocycles. The van der Waals surface area contributed by atoms with E-state index in [1.807, 2.05) is 0 Å². The van der Waals surface area contributed by atoms with Gasteiger partial charge >= 0.3 is 0 Å². The van der Waals surface area contributed by atoms with Crippen LogP contribution in [0.2, 0.25) is 0 Å². The molecule has 0 radical (unpaired) electrons. The zero-order valence-electron chi connectivity index (χ0n) is 6.84. The van der Waals surface area contributed by atoms with Gasteiger partial charge in [-0.1, -0.05) is 0 Å². The maximum absolute atomic E-state index is 8.84. The summed E-state index contributed by atoms with van der Waals surface area (Å²) >= 11 is 0. The fraction of sp³-hybridized carbons (Fsp3) is 0.714. The van der Waals surface area contributed by atoms with E-state index < -0.39 is 31.3 Å². The third kappa shape index (κ3) is 2.30. The van der Waals surface area contributed by atoms with E-state index in [1.165, 1.54) is 6.26 Å². The minimum atomic E-state index is -1.50. The fourth-order valence-corrected chi connectivity index (χ4v) is 0.740. The molecule has 13 heavy (non-hydrogen) atoms. The van der Waals surface area contributed by atoms with Gasteiger partial charge < -0.3 is 20.1 Å². The topological polar surface area (TPSA) is 118 Å². The summed E-state index contributed by atoms with van der Waals surface area (Å²) in [5.74, 6) is 0. The van der Waals surface area contributed by atoms with E-state index in [2.05, 4.69) is 4.74 Å². The lowest BCUT2D eigenvalue weighted by Gasteiger charge is -2.29. The Morgan fingerprint density at radius 3 is 1.85 bits per heavy atom. The van der Waals surface area contributed by atoms with Gasteiger partial charge in [-0.2, -0.15) is 10.5 Å². The average Bonchev–Trinajstić information content (AvgIpc) is 2.19. The molecular weight excluding hydrogens is 176 g/mol. The zero-order chi connectivity index (χ0) is 10.3. The third-order valence-corrected chi connectivity index (χ3v) is 1.79. The second-order valence-corrected chi connectivity index (χ2v) is 2.55. The molecule has 0 heterocycles. The highest BCUT2D eigenvalue weighted by atomic mass is 16.5. The van der Waals surface area contributed by atoms with Crippen LogP contribution >= 0.6 is 0 Å². The van der Waals surface area contributed by atoms with Crippen molar-refractivity contribution >= 4 is 0 Å². The zero-order valence-corrected chi connectivity index (χ0v) is 6.84. The summed E-state index contributed by atoms with van der Waals surface area (Å²) < 4.78 is 4.29. The van der Waals surface area contributed by atoms with Gasteiger partial charge in [0, 0.05) is 0 Å². The number of aliphatic hydroxyl groups is 3. The maximum atomic E-state index is 8.84. The molecule has 6 nitrogen and oxygen atoms in total. The number of rotatable bonds is 5. The Labute approximate surface area is 75.2 Å². The summed E-state index contributed by atoms with van der Waals surface area (Å²) in [6.07, 6.45) is -0.0784. The Morgan fingerprint density at radius 2 is 1.62 bits per heavy atom. The molecule has 3 N–H and O–H groups in total. The summed E-state index contributed by atoms with van der Waals surface area (Å²) in [5, 5.41) is 43.2. The Hall–Kier alpha value is -1.34. The van der Waals surface area contributed by atoms with Crippen molar-refractivity contribution in [1.82, 2.24) is 0 Å². The van der Waals surface area contributed by atoms with Gasteiger partial charge in [-0.05, 0) is 0 Å². The van der Waals surface area contributed by atoms with Crippen LogP contribution in [-0.4, -0.2) is 41.2 Å². The molecule has 1 atom stereocenters. The molecule has 0 aliphatic heterocycles. The number of hydrogen-bond donors (Lipinski definition) is 3. The average molecular weight is 186 g/mol. The van der Waals surface area contributed by atoms with E-state index in [-0.39, 0.29) is 0 Å². The van der Waals surface area contributed by atoms with Crippen molar-refractivity contribution in [3.05, 3.63) is 0 Å². The molecule has 0 spiro atoms. The maximum Gasteiger partial charge on any atom is 0.287 e. The van der Waals surface area contributed by atoms with Gasteiger partial charge in [0.05, 0.1) is 25.2 Å². The standard InChI is InChI=1S/C7H10N2O4/c8-1-6(13-5-9)7(2-10,3-11)4-12/h6,10-12H,2-4H2. The SMILES string of the molecule is N#COC(C#N)C(CO)(CO)CO. The predicted octanol–water partition coefficient (Wildman–Crippen LogP) is -1.66. The van der Waals surface area contributed by atoms with Crippen molar-refractivity contribution < 1.29 is 20.1 Å². The molecule has 0 aliphatic rings. The molecule has 0 saturated heterocycles. The van der Waals surface area contributed by atoms with Gasteiger partial charge in [0.1, 0.15) is 6.07 Å². The van der Waals surface area contributed by atoms with E-state index >= 15 is 0 Å². The van der Waals surface area contributed by atoms with Gasteiger partial charge in [-0.15, -0.1) is 0 Å². The number of hydrogen-bond acceptors (Lipinski definition) is 6. The lowest BCUT2D eigenvalue weighted by molar-refractivity contribution is -0.0612. The van der Waals surface area contributed by atoms with Crippen LogP contribution in [0.1, 0.15) is 0 Å². The number of nitriles is 2. The third-order valence-electron chi connectivity index (χ3n) is 1.79. The van der Waals surface area contributed by atoms with Gasteiger partial charge in [0.2, 0.25) is 6.10 Å². The van der Waals surface area contributed by atoms with Crippen LogP contribution in [0.25, 0.3) is 0 Å². The summed E-state index contributed by atoms with van der Waals surface area (Å²) in [7, 11) is 0. The number of nitrogens with zero attached hydrogens (tertiary/aromatic N) is 2. The summed E-state index contributed by atoms with van der Waals surface area (Å²) in [6.45, 7) is -1.92. The van der Waals surface area contributed by atoms with Crippen molar-refractivity contribution in [1.29, 1.82) is 10.5 Å². The molecule has 1 unspecified atom stereocenters. The van der Waals surface area contributed by atoms with Crippen LogP contribution in [0.4, 0.5) is 0 Å². The van der Waals surface area contributed by atoms with Gasteiger partial charge in [0.25, 0.3) is 6.26 Å². The monoisotopic (exact) mass is 186 g/mol. The van der Waals surface area contributed by atoms with Gasteiger partial charge in [-0.3, -0.25) is 0 Å². The highest BCUT2D eigenvalue weighted by molar-refractivity contribution is 5.00. The highest BCUT2D eigenvalue weighted by Crippen LogP contribution is 2.22. The second kappa shape index (κ2) is 5.33. The first-order chi connectivity index (χ1) is 6.20. The smallest absolute Gasteiger partial charge is 0.287 e. The summed E-state index contributed by atoms with van der Waals surface area (Å²) in [5.41, 5.74) is -1.50. The molecular formula is C7H10N2O4. The van der Waals surface area contributed by atoms with Crippen molar-refractivity contribution in [3.63, 3.8) is 0 Å². The molecule has 72 valence electrons. The highest BCUT2D eigenvalue weighted by Gasteiger charge is 2.40. The molecule has 0 aromatic rings. The molecule has 6 heteroatoms. The Morgan fingerprint density at radius 1 is 1.15 bits per heavy atom. The van der Waals surface area contributed by atoms with Gasteiger partial charge in [0.15, 0.2) is 0 Å². The van der Waals surface area contributed by atoms with E-state index in [0.717, 1.165) is 0 Å². The number of ether oxygens (including phenoxy) is 1. The normalized spacial score (nSPS) is 12.7.